The molecule has 0 atom stereocenters. The summed E-state index contributed by atoms with van der Waals surface area (Å²) in [5.41, 5.74) is 1.82. The van der Waals surface area contributed by atoms with Crippen LogP contribution in [0.5, 0.6) is 0 Å². The molecule has 0 fully saturated rings. The van der Waals surface area contributed by atoms with Gasteiger partial charge >= 0.3 is 5.97 Å². The number of carbonyl (C=O) groups is 2. The largest absolute Gasteiger partial charge is 0.469 e. The fraction of sp³-hybridized carbons (Fsp3) is 0.529. The van der Waals surface area contributed by atoms with Gasteiger partial charge in [0.1, 0.15) is 11.6 Å². The van der Waals surface area contributed by atoms with Crippen molar-refractivity contribution in [1.29, 1.82) is 5.26 Å². The molecule has 0 saturated heterocycles. The zero-order valence-electron chi connectivity index (χ0n) is 14.6. The van der Waals surface area contributed by atoms with Crippen LogP contribution in [-0.4, -0.2) is 42.5 Å². The summed E-state index contributed by atoms with van der Waals surface area (Å²) in [6, 6.07) is 1.90. The molecule has 130 valence electrons. The second-order valence-electron chi connectivity index (χ2n) is 5.66. The third kappa shape index (κ3) is 4.95. The Hall–Kier alpha value is -2.62. The maximum absolute atomic E-state index is 12.2. The first-order valence-electron chi connectivity index (χ1n) is 7.75. The summed E-state index contributed by atoms with van der Waals surface area (Å²) in [5, 5.41) is 9.06. The van der Waals surface area contributed by atoms with E-state index in [9.17, 15) is 14.4 Å². The van der Waals surface area contributed by atoms with E-state index in [1.165, 1.54) is 7.11 Å². The van der Waals surface area contributed by atoms with Gasteiger partial charge in [-0.1, -0.05) is 0 Å². The van der Waals surface area contributed by atoms with E-state index < -0.39 is 5.56 Å². The molecular weight excluding hydrogens is 310 g/mol. The van der Waals surface area contributed by atoms with E-state index in [-0.39, 0.29) is 30.3 Å². The molecule has 1 amide bonds. The average Bonchev–Trinajstić information content (AvgIpc) is 2.54. The summed E-state index contributed by atoms with van der Waals surface area (Å²) in [4.78, 5) is 39.2. The number of methoxy groups -OCH3 is 1. The van der Waals surface area contributed by atoms with Crippen molar-refractivity contribution >= 4 is 11.9 Å². The van der Waals surface area contributed by atoms with Crippen molar-refractivity contribution in [1.82, 2.24) is 9.88 Å². The van der Waals surface area contributed by atoms with E-state index >= 15 is 0 Å². The fourth-order valence-corrected chi connectivity index (χ4v) is 2.53. The molecule has 0 aliphatic rings. The minimum Gasteiger partial charge on any atom is -0.469 e. The highest BCUT2D eigenvalue weighted by Crippen LogP contribution is 2.15. The molecule has 0 saturated carbocycles. The van der Waals surface area contributed by atoms with Crippen molar-refractivity contribution in [2.45, 2.75) is 39.5 Å². The van der Waals surface area contributed by atoms with Crippen LogP contribution in [0.1, 0.15) is 41.6 Å². The van der Waals surface area contributed by atoms with Crippen molar-refractivity contribution < 1.29 is 14.3 Å². The molecule has 1 aromatic rings. The van der Waals surface area contributed by atoms with Gasteiger partial charge in [-0.3, -0.25) is 14.4 Å². The third-order valence-corrected chi connectivity index (χ3v) is 4.04. The molecule has 7 heteroatoms. The number of amides is 1. The molecular formula is C17H23N3O4. The number of aryl methyl sites for hydroxylation is 1. The Labute approximate surface area is 141 Å². The van der Waals surface area contributed by atoms with Gasteiger partial charge in [0.05, 0.1) is 7.11 Å². The summed E-state index contributed by atoms with van der Waals surface area (Å²) < 4.78 is 4.56. The Balaban J connectivity index is 2.66. The number of hydrogen-bond donors (Lipinski definition) is 1. The van der Waals surface area contributed by atoms with Gasteiger partial charge in [-0.15, -0.1) is 0 Å². The highest BCUT2D eigenvalue weighted by molar-refractivity contribution is 5.76. The first kappa shape index (κ1) is 19.4. The molecule has 7 nitrogen and oxygen atoms in total. The fourth-order valence-electron chi connectivity index (χ4n) is 2.53. The van der Waals surface area contributed by atoms with Crippen LogP contribution in [0.4, 0.5) is 0 Å². The summed E-state index contributed by atoms with van der Waals surface area (Å²) in [6.45, 7) is 3.96. The van der Waals surface area contributed by atoms with Crippen LogP contribution in [0.3, 0.4) is 0 Å². The van der Waals surface area contributed by atoms with Crippen LogP contribution in [0.2, 0.25) is 0 Å². The number of ether oxygens (including phenoxy) is 1. The predicted molar refractivity (Wildman–Crippen MR) is 88.5 cm³/mol. The lowest BCUT2D eigenvalue weighted by atomic mass is 9.99. The predicted octanol–water partition coefficient (Wildman–Crippen LogP) is 1.21. The van der Waals surface area contributed by atoms with Crippen LogP contribution in [0.15, 0.2) is 4.79 Å². The average molecular weight is 333 g/mol. The standard InChI is InChI=1S/C17H23N3O4/c1-11-13(12(2)19-17(23)14(11)10-18)7-8-15(21)20(3)9-5-6-16(22)24-4/h5-9H2,1-4H3,(H,19,23). The molecule has 1 heterocycles. The molecule has 1 N–H and O–H groups in total. The highest BCUT2D eigenvalue weighted by atomic mass is 16.5. The smallest absolute Gasteiger partial charge is 0.305 e. The monoisotopic (exact) mass is 333 g/mol. The number of nitrogens with one attached hydrogen (secondary N) is 1. The molecule has 0 aliphatic carbocycles. The van der Waals surface area contributed by atoms with Crippen molar-refractivity contribution in [3.05, 3.63) is 32.7 Å². The van der Waals surface area contributed by atoms with Gasteiger partial charge in [0.15, 0.2) is 0 Å². The SMILES string of the molecule is COC(=O)CCCN(C)C(=O)CCc1c(C)[nH]c(=O)c(C#N)c1C. The maximum atomic E-state index is 12.2. The van der Waals surface area contributed by atoms with Crippen molar-refractivity contribution in [3.63, 3.8) is 0 Å². The molecule has 0 spiro atoms. The van der Waals surface area contributed by atoms with Crippen molar-refractivity contribution in [3.8, 4) is 6.07 Å². The topological polar surface area (TPSA) is 103 Å². The number of H-pyrrole nitrogens is 1. The molecule has 24 heavy (non-hydrogen) atoms. The molecule has 0 radical (unpaired) electrons. The summed E-state index contributed by atoms with van der Waals surface area (Å²) in [7, 11) is 3.02. The summed E-state index contributed by atoms with van der Waals surface area (Å²) in [6.07, 6.45) is 1.54. The second kappa shape index (κ2) is 8.87. The van der Waals surface area contributed by atoms with E-state index in [1.807, 2.05) is 6.07 Å². The number of carbonyl (C=O) groups excluding carboxylic acids is 2. The zero-order chi connectivity index (χ0) is 18.3. The lowest BCUT2D eigenvalue weighted by Gasteiger charge is -2.17. The Morgan fingerprint density at radius 2 is 1.96 bits per heavy atom. The van der Waals surface area contributed by atoms with Crippen LogP contribution < -0.4 is 5.56 Å². The number of hydrogen-bond acceptors (Lipinski definition) is 5. The van der Waals surface area contributed by atoms with Crippen molar-refractivity contribution in [2.75, 3.05) is 20.7 Å². The van der Waals surface area contributed by atoms with Crippen LogP contribution >= 0.6 is 0 Å². The van der Waals surface area contributed by atoms with Gasteiger partial charge in [-0.25, -0.2) is 0 Å². The summed E-state index contributed by atoms with van der Waals surface area (Å²) >= 11 is 0. The number of esters is 1. The minimum atomic E-state index is -0.400. The summed E-state index contributed by atoms with van der Waals surface area (Å²) in [5.74, 6) is -0.345. The number of aromatic amines is 1. The molecule has 0 unspecified atom stereocenters. The van der Waals surface area contributed by atoms with E-state index in [0.29, 0.717) is 30.6 Å². The first-order chi connectivity index (χ1) is 11.3. The highest BCUT2D eigenvalue weighted by Gasteiger charge is 2.15. The van der Waals surface area contributed by atoms with E-state index in [1.54, 1.807) is 25.8 Å². The number of nitrogens with zero attached hydrogens (tertiary/aromatic N) is 2. The van der Waals surface area contributed by atoms with E-state index in [2.05, 4.69) is 9.72 Å². The molecule has 0 bridgehead atoms. The Morgan fingerprint density at radius 1 is 1.29 bits per heavy atom. The van der Waals surface area contributed by atoms with Crippen LogP contribution in [-0.2, 0) is 20.7 Å². The zero-order valence-corrected chi connectivity index (χ0v) is 14.6. The van der Waals surface area contributed by atoms with Crippen LogP contribution in [0, 0.1) is 25.2 Å². The van der Waals surface area contributed by atoms with Gasteiger partial charge < -0.3 is 14.6 Å². The van der Waals surface area contributed by atoms with Gasteiger partial charge in [0, 0.05) is 32.1 Å². The minimum absolute atomic E-state index is 0.0524. The normalized spacial score (nSPS) is 10.1. The Morgan fingerprint density at radius 3 is 2.54 bits per heavy atom. The molecule has 0 aliphatic heterocycles. The second-order valence-corrected chi connectivity index (χ2v) is 5.66. The van der Waals surface area contributed by atoms with Gasteiger partial charge in [-0.2, -0.15) is 5.26 Å². The lowest BCUT2D eigenvalue weighted by Crippen LogP contribution is -2.28. The van der Waals surface area contributed by atoms with E-state index in [4.69, 9.17) is 5.26 Å². The van der Waals surface area contributed by atoms with Crippen LogP contribution in [0.25, 0.3) is 0 Å². The molecule has 1 rings (SSSR count). The van der Waals surface area contributed by atoms with Crippen molar-refractivity contribution in [2.24, 2.45) is 0 Å². The lowest BCUT2D eigenvalue weighted by molar-refractivity contribution is -0.141. The first-order valence-corrected chi connectivity index (χ1v) is 7.75. The Bertz CT molecular complexity index is 716. The van der Waals surface area contributed by atoms with Gasteiger partial charge in [0.2, 0.25) is 5.91 Å². The quantitative estimate of drug-likeness (QED) is 0.755. The van der Waals surface area contributed by atoms with E-state index in [0.717, 1.165) is 5.56 Å². The number of aromatic nitrogens is 1. The number of rotatable bonds is 7. The Kier molecular flexibility index (Phi) is 7.18. The molecule has 0 aromatic carbocycles. The van der Waals surface area contributed by atoms with Gasteiger partial charge in [0.25, 0.3) is 5.56 Å². The molecule has 1 aromatic heterocycles. The third-order valence-electron chi connectivity index (χ3n) is 4.04. The number of nitriles is 1. The maximum Gasteiger partial charge on any atom is 0.305 e. The number of pyridine rings is 1. The van der Waals surface area contributed by atoms with Gasteiger partial charge in [-0.05, 0) is 37.8 Å².